The van der Waals surface area contributed by atoms with Crippen LogP contribution < -0.4 is 5.48 Å². The zero-order valence-electron chi connectivity index (χ0n) is 9.65. The molecule has 0 heterocycles. The maximum atomic E-state index is 11.9. The van der Waals surface area contributed by atoms with Crippen molar-refractivity contribution in [2.45, 2.75) is 70.2 Å². The van der Waals surface area contributed by atoms with Crippen LogP contribution in [0.3, 0.4) is 0 Å². The average molecular weight is 239 g/mol. The van der Waals surface area contributed by atoms with Gasteiger partial charge in [-0.15, -0.1) is 0 Å². The molecule has 0 aliphatic heterocycles. The second kappa shape index (κ2) is 6.45. The first kappa shape index (κ1) is 13.8. The summed E-state index contributed by atoms with van der Waals surface area (Å²) in [6.07, 6.45) is 0.658. The second-order valence-electron chi connectivity index (χ2n) is 4.55. The predicted molar refractivity (Wildman–Crippen MR) is 55.8 cm³/mol. The lowest BCUT2D eigenvalue weighted by Crippen LogP contribution is -2.30. The number of alkyl halides is 3. The minimum Gasteiger partial charge on any atom is -0.298 e. The van der Waals surface area contributed by atoms with E-state index in [0.29, 0.717) is 6.42 Å². The van der Waals surface area contributed by atoms with Gasteiger partial charge in [-0.05, 0) is 32.6 Å². The Hall–Kier alpha value is -0.290. The Morgan fingerprint density at radius 2 is 1.94 bits per heavy atom. The number of halogens is 3. The van der Waals surface area contributed by atoms with Gasteiger partial charge in [0.2, 0.25) is 0 Å². The second-order valence-corrected chi connectivity index (χ2v) is 4.55. The van der Waals surface area contributed by atoms with Crippen molar-refractivity contribution in [3.05, 3.63) is 0 Å². The summed E-state index contributed by atoms with van der Waals surface area (Å²) in [5.41, 5.74) is 2.84. The lowest BCUT2D eigenvalue weighted by atomic mass is 10.1. The summed E-state index contributed by atoms with van der Waals surface area (Å²) in [6, 6.07) is -0.0112. The largest absolute Gasteiger partial charge is 0.389 e. The van der Waals surface area contributed by atoms with Crippen molar-refractivity contribution >= 4 is 0 Å². The Morgan fingerprint density at radius 1 is 1.31 bits per heavy atom. The molecule has 0 bridgehead atoms. The molecule has 0 aromatic rings. The molecule has 0 amide bonds. The van der Waals surface area contributed by atoms with Crippen molar-refractivity contribution in [3.63, 3.8) is 0 Å². The van der Waals surface area contributed by atoms with Gasteiger partial charge >= 0.3 is 6.18 Å². The van der Waals surface area contributed by atoms with E-state index in [-0.39, 0.29) is 18.6 Å². The molecular weight excluding hydrogens is 219 g/mol. The highest BCUT2D eigenvalue weighted by Gasteiger charge is 2.26. The van der Waals surface area contributed by atoms with Gasteiger partial charge in [0, 0.05) is 12.5 Å². The van der Waals surface area contributed by atoms with Crippen LogP contribution in [0.2, 0.25) is 0 Å². The molecule has 1 aliphatic rings. The van der Waals surface area contributed by atoms with Crippen molar-refractivity contribution in [2.24, 2.45) is 0 Å². The van der Waals surface area contributed by atoms with Crippen molar-refractivity contribution in [1.29, 1.82) is 0 Å². The van der Waals surface area contributed by atoms with Gasteiger partial charge in [-0.1, -0.05) is 12.8 Å². The average Bonchev–Trinajstić information content (AvgIpc) is 2.65. The molecule has 0 saturated heterocycles. The van der Waals surface area contributed by atoms with Gasteiger partial charge < -0.3 is 0 Å². The van der Waals surface area contributed by atoms with Crippen LogP contribution in [0.15, 0.2) is 0 Å². The van der Waals surface area contributed by atoms with E-state index in [1.807, 2.05) is 6.92 Å². The SMILES string of the molecule is CC(CCCC(F)(F)F)NOC1CCCC1. The maximum Gasteiger partial charge on any atom is 0.389 e. The van der Waals surface area contributed by atoms with Gasteiger partial charge in [-0.3, -0.25) is 4.84 Å². The highest BCUT2D eigenvalue weighted by Crippen LogP contribution is 2.23. The van der Waals surface area contributed by atoms with E-state index in [1.54, 1.807) is 0 Å². The summed E-state index contributed by atoms with van der Waals surface area (Å²) in [6.45, 7) is 1.85. The molecule has 1 atom stereocenters. The Morgan fingerprint density at radius 3 is 2.50 bits per heavy atom. The first-order valence-corrected chi connectivity index (χ1v) is 5.95. The van der Waals surface area contributed by atoms with Crippen molar-refractivity contribution < 1.29 is 18.0 Å². The van der Waals surface area contributed by atoms with E-state index < -0.39 is 12.6 Å². The molecule has 1 N–H and O–H groups in total. The fourth-order valence-corrected chi connectivity index (χ4v) is 1.89. The zero-order valence-corrected chi connectivity index (χ0v) is 9.65. The molecule has 1 aliphatic carbocycles. The lowest BCUT2D eigenvalue weighted by Gasteiger charge is -2.17. The minimum atomic E-state index is -4.04. The van der Waals surface area contributed by atoms with Crippen LogP contribution in [-0.4, -0.2) is 18.3 Å². The van der Waals surface area contributed by atoms with Gasteiger partial charge in [0.25, 0.3) is 0 Å². The third-order valence-electron chi connectivity index (χ3n) is 2.84. The van der Waals surface area contributed by atoms with Crippen molar-refractivity contribution in [3.8, 4) is 0 Å². The monoisotopic (exact) mass is 239 g/mol. The van der Waals surface area contributed by atoms with Gasteiger partial charge in [-0.25, -0.2) is 0 Å². The molecule has 5 heteroatoms. The van der Waals surface area contributed by atoms with E-state index in [1.165, 1.54) is 12.8 Å². The molecule has 1 saturated carbocycles. The number of hydrogen-bond acceptors (Lipinski definition) is 2. The molecule has 96 valence electrons. The summed E-state index contributed by atoms with van der Waals surface area (Å²) in [4.78, 5) is 5.42. The summed E-state index contributed by atoms with van der Waals surface area (Å²) in [5, 5.41) is 0. The highest BCUT2D eigenvalue weighted by atomic mass is 19.4. The van der Waals surface area contributed by atoms with Crippen molar-refractivity contribution in [2.75, 3.05) is 0 Å². The van der Waals surface area contributed by atoms with Crippen LogP contribution in [0.5, 0.6) is 0 Å². The van der Waals surface area contributed by atoms with Gasteiger partial charge in [0.05, 0.1) is 6.10 Å². The smallest absolute Gasteiger partial charge is 0.298 e. The number of rotatable bonds is 6. The summed E-state index contributed by atoms with van der Waals surface area (Å²) in [5.74, 6) is 0. The summed E-state index contributed by atoms with van der Waals surface area (Å²) < 4.78 is 35.7. The Labute approximate surface area is 94.5 Å². The Kier molecular flexibility index (Phi) is 5.55. The van der Waals surface area contributed by atoms with E-state index in [2.05, 4.69) is 5.48 Å². The third kappa shape index (κ3) is 6.33. The van der Waals surface area contributed by atoms with Crippen molar-refractivity contribution in [1.82, 2.24) is 5.48 Å². The first-order chi connectivity index (χ1) is 7.47. The lowest BCUT2D eigenvalue weighted by molar-refractivity contribution is -0.136. The summed E-state index contributed by atoms with van der Waals surface area (Å²) in [7, 11) is 0. The fourth-order valence-electron chi connectivity index (χ4n) is 1.89. The molecule has 1 rings (SSSR count). The highest BCUT2D eigenvalue weighted by molar-refractivity contribution is 4.66. The minimum absolute atomic E-state index is 0.0112. The van der Waals surface area contributed by atoms with Crippen LogP contribution in [0.1, 0.15) is 51.9 Å². The molecule has 0 aromatic carbocycles. The molecule has 0 radical (unpaired) electrons. The molecule has 0 spiro atoms. The molecule has 16 heavy (non-hydrogen) atoms. The maximum absolute atomic E-state index is 11.9. The molecular formula is C11H20F3NO. The number of hydroxylamine groups is 1. The topological polar surface area (TPSA) is 21.3 Å². The van der Waals surface area contributed by atoms with Crippen LogP contribution in [-0.2, 0) is 4.84 Å². The standard InChI is InChI=1S/C11H20F3NO/c1-9(5-4-8-11(12,13)14)15-16-10-6-2-3-7-10/h9-10,15H,2-8H2,1H3. The van der Waals surface area contributed by atoms with E-state index >= 15 is 0 Å². The summed E-state index contributed by atoms with van der Waals surface area (Å²) >= 11 is 0. The van der Waals surface area contributed by atoms with Gasteiger partial charge in [0.1, 0.15) is 0 Å². The van der Waals surface area contributed by atoms with Gasteiger partial charge in [0.15, 0.2) is 0 Å². The van der Waals surface area contributed by atoms with Gasteiger partial charge in [-0.2, -0.15) is 18.7 Å². The number of nitrogens with one attached hydrogen (secondary N) is 1. The predicted octanol–water partition coefficient (Wildman–Crippen LogP) is 3.57. The van der Waals surface area contributed by atoms with E-state index in [9.17, 15) is 13.2 Å². The molecule has 2 nitrogen and oxygen atoms in total. The Bertz CT molecular complexity index is 190. The van der Waals surface area contributed by atoms with E-state index in [4.69, 9.17) is 4.84 Å². The van der Waals surface area contributed by atoms with E-state index in [0.717, 1.165) is 12.8 Å². The molecule has 0 aromatic heterocycles. The molecule has 1 unspecified atom stereocenters. The third-order valence-corrected chi connectivity index (χ3v) is 2.84. The van der Waals surface area contributed by atoms with Crippen LogP contribution in [0, 0.1) is 0 Å². The normalized spacial score (nSPS) is 20.2. The van der Waals surface area contributed by atoms with Crippen LogP contribution in [0.25, 0.3) is 0 Å². The zero-order chi connectivity index (χ0) is 12.0. The number of hydrogen-bond donors (Lipinski definition) is 1. The quantitative estimate of drug-likeness (QED) is 0.715. The first-order valence-electron chi connectivity index (χ1n) is 5.95. The molecule has 1 fully saturated rings. The Balaban J connectivity index is 2.00. The fraction of sp³-hybridized carbons (Fsp3) is 1.00. The van der Waals surface area contributed by atoms with Crippen LogP contribution in [0.4, 0.5) is 13.2 Å². The van der Waals surface area contributed by atoms with Crippen LogP contribution >= 0.6 is 0 Å².